The Morgan fingerprint density at radius 1 is 0.955 bits per heavy atom. The summed E-state index contributed by atoms with van der Waals surface area (Å²) in [5, 5.41) is 0. The molecule has 0 amide bonds. The minimum Gasteiger partial charge on any atom is -0.468 e. The second kappa shape index (κ2) is 9.53. The number of methoxy groups -OCH3 is 1. The van der Waals surface area contributed by atoms with Crippen LogP contribution in [0.1, 0.15) is 17.3 Å². The van der Waals surface area contributed by atoms with Crippen molar-refractivity contribution in [3.8, 4) is 5.75 Å². The third kappa shape index (κ3) is 5.73. The summed E-state index contributed by atoms with van der Waals surface area (Å²) < 4.78 is 10.2. The van der Waals surface area contributed by atoms with Gasteiger partial charge in [0.1, 0.15) is 5.75 Å². The minimum atomic E-state index is 0. The Kier molecular flexibility index (Phi) is 8.05. The lowest BCUT2D eigenvalue weighted by Gasteiger charge is -2.06. The van der Waals surface area contributed by atoms with Crippen LogP contribution in [0.3, 0.4) is 0 Å². The van der Waals surface area contributed by atoms with Crippen LogP contribution < -0.4 is 4.74 Å². The summed E-state index contributed by atoms with van der Waals surface area (Å²) in [6.45, 7) is 1.83. The molecule has 0 saturated heterocycles. The first-order chi connectivity index (χ1) is 10.2. The smallest absolute Gasteiger partial charge is 0.188 e. The summed E-state index contributed by atoms with van der Waals surface area (Å²) in [7, 11) is 4.92. The van der Waals surface area contributed by atoms with E-state index in [1.54, 1.807) is 35.6 Å². The van der Waals surface area contributed by atoms with Gasteiger partial charge < -0.3 is 14.9 Å². The number of carbonyl (C=O) groups is 1. The van der Waals surface area contributed by atoms with Crippen LogP contribution in [-0.2, 0) is 4.74 Å². The van der Waals surface area contributed by atoms with E-state index in [1.165, 1.54) is 0 Å². The van der Waals surface area contributed by atoms with Gasteiger partial charge in [-0.25, -0.2) is 0 Å². The van der Waals surface area contributed by atoms with Crippen molar-refractivity contribution in [3.63, 3.8) is 0 Å². The number of carbonyl (C=O) groups excluding carboxylic acids is 1. The Hall–Kier alpha value is -1.47. The molecule has 0 radical (unpaired) electrons. The van der Waals surface area contributed by atoms with Gasteiger partial charge in [-0.3, -0.25) is 4.79 Å². The lowest BCUT2D eigenvalue weighted by molar-refractivity contribution is 0.0511. The fourth-order valence-corrected chi connectivity index (χ4v) is 3.49. The van der Waals surface area contributed by atoms with Crippen molar-refractivity contribution in [2.75, 3.05) is 13.9 Å². The van der Waals surface area contributed by atoms with Crippen molar-refractivity contribution in [2.45, 2.75) is 16.7 Å². The Morgan fingerprint density at radius 3 is 1.91 bits per heavy atom. The van der Waals surface area contributed by atoms with E-state index in [0.717, 1.165) is 21.1 Å². The Bertz CT molecular complexity index is 582. The third-order valence-corrected chi connectivity index (χ3v) is 5.08. The molecular weight excluding hydrogens is 320 g/mol. The number of ether oxygens (including phenoxy) is 2. The summed E-state index contributed by atoms with van der Waals surface area (Å²) in [5.41, 5.74) is 0.740. The van der Waals surface area contributed by atoms with Gasteiger partial charge in [-0.05, 0) is 43.3 Å². The minimum absolute atomic E-state index is 0. The molecule has 4 nitrogen and oxygen atoms in total. The molecule has 0 atom stereocenters. The average molecular weight is 338 g/mol. The zero-order valence-corrected chi connectivity index (χ0v) is 14.0. The van der Waals surface area contributed by atoms with Crippen molar-refractivity contribution in [1.29, 1.82) is 0 Å². The van der Waals surface area contributed by atoms with Gasteiger partial charge in [-0.15, -0.1) is 0 Å². The van der Waals surface area contributed by atoms with Crippen LogP contribution in [0.5, 0.6) is 5.75 Å². The van der Waals surface area contributed by atoms with Gasteiger partial charge in [0.15, 0.2) is 12.6 Å². The molecule has 0 saturated carbocycles. The number of Topliss-reactive ketones (excluding diaryl/α,β-unsaturated/α-hetero) is 1. The van der Waals surface area contributed by atoms with E-state index >= 15 is 0 Å². The summed E-state index contributed by atoms with van der Waals surface area (Å²) in [6, 6.07) is 15.5. The molecule has 2 N–H and O–H groups in total. The van der Waals surface area contributed by atoms with Crippen molar-refractivity contribution < 1.29 is 19.7 Å². The van der Waals surface area contributed by atoms with E-state index in [-0.39, 0.29) is 18.1 Å². The Morgan fingerprint density at radius 2 is 1.45 bits per heavy atom. The standard InChI is InChI=1S/C16H16O3S2.H2O/c1-12(17)13-3-7-15(8-4-13)20-21-16-9-5-14(6-10-16)19-11-18-2;/h3-10H,11H2,1-2H3;1H2. The summed E-state index contributed by atoms with van der Waals surface area (Å²) in [4.78, 5) is 13.5. The second-order valence-electron chi connectivity index (χ2n) is 4.27. The monoisotopic (exact) mass is 338 g/mol. The zero-order chi connectivity index (χ0) is 15.1. The largest absolute Gasteiger partial charge is 0.468 e. The SMILES string of the molecule is COCOc1ccc(SSc2ccc(C(C)=O)cc2)cc1.O. The first-order valence-corrected chi connectivity index (χ1v) is 8.51. The van der Waals surface area contributed by atoms with E-state index in [2.05, 4.69) is 0 Å². The van der Waals surface area contributed by atoms with Gasteiger partial charge in [0.25, 0.3) is 0 Å². The maximum Gasteiger partial charge on any atom is 0.188 e. The van der Waals surface area contributed by atoms with Gasteiger partial charge in [0.2, 0.25) is 0 Å². The van der Waals surface area contributed by atoms with Crippen LogP contribution in [0.15, 0.2) is 58.3 Å². The molecule has 2 aromatic carbocycles. The van der Waals surface area contributed by atoms with Crippen molar-refractivity contribution in [1.82, 2.24) is 0 Å². The molecule has 2 aromatic rings. The fourth-order valence-electron chi connectivity index (χ4n) is 1.56. The third-order valence-electron chi connectivity index (χ3n) is 2.66. The van der Waals surface area contributed by atoms with E-state index in [1.807, 2.05) is 48.5 Å². The summed E-state index contributed by atoms with van der Waals surface area (Å²) in [5.74, 6) is 0.878. The van der Waals surface area contributed by atoms with Crippen LogP contribution in [0, 0.1) is 0 Å². The van der Waals surface area contributed by atoms with E-state index < -0.39 is 0 Å². The predicted octanol–water partition coefficient (Wildman–Crippen LogP) is 3.85. The molecule has 0 bridgehead atoms. The van der Waals surface area contributed by atoms with Crippen LogP contribution >= 0.6 is 21.6 Å². The van der Waals surface area contributed by atoms with Crippen LogP contribution in [0.2, 0.25) is 0 Å². The molecule has 0 spiro atoms. The molecule has 118 valence electrons. The first kappa shape index (κ1) is 18.6. The van der Waals surface area contributed by atoms with Crippen molar-refractivity contribution >= 4 is 27.4 Å². The normalized spacial score (nSPS) is 9.91. The molecule has 0 aliphatic heterocycles. The van der Waals surface area contributed by atoms with Gasteiger partial charge >= 0.3 is 0 Å². The van der Waals surface area contributed by atoms with Gasteiger partial charge in [-0.1, -0.05) is 33.7 Å². The predicted molar refractivity (Wildman–Crippen MR) is 90.7 cm³/mol. The molecule has 0 unspecified atom stereocenters. The van der Waals surface area contributed by atoms with Gasteiger partial charge in [-0.2, -0.15) is 0 Å². The number of hydrogen-bond acceptors (Lipinski definition) is 5. The number of rotatable bonds is 7. The van der Waals surface area contributed by atoms with Gasteiger partial charge in [0, 0.05) is 22.5 Å². The molecular formula is C16H18O4S2. The molecule has 0 fully saturated rings. The molecule has 22 heavy (non-hydrogen) atoms. The summed E-state index contributed by atoms with van der Waals surface area (Å²) >= 11 is 0. The maximum atomic E-state index is 11.2. The Balaban J connectivity index is 0.00000242. The van der Waals surface area contributed by atoms with Gasteiger partial charge in [0.05, 0.1) is 0 Å². The van der Waals surface area contributed by atoms with Crippen LogP contribution in [0.4, 0.5) is 0 Å². The number of ketones is 1. The van der Waals surface area contributed by atoms with E-state index in [0.29, 0.717) is 0 Å². The average Bonchev–Trinajstić information content (AvgIpc) is 2.52. The van der Waals surface area contributed by atoms with Crippen molar-refractivity contribution in [3.05, 3.63) is 54.1 Å². The highest BCUT2D eigenvalue weighted by Crippen LogP contribution is 2.37. The molecule has 0 aromatic heterocycles. The first-order valence-electron chi connectivity index (χ1n) is 6.36. The van der Waals surface area contributed by atoms with Crippen LogP contribution in [-0.4, -0.2) is 25.2 Å². The second-order valence-corrected chi connectivity index (χ2v) is 6.55. The summed E-state index contributed by atoms with van der Waals surface area (Å²) in [6.07, 6.45) is 0. The fraction of sp³-hybridized carbons (Fsp3) is 0.188. The molecule has 2 rings (SSSR count). The zero-order valence-electron chi connectivity index (χ0n) is 12.4. The lowest BCUT2D eigenvalue weighted by atomic mass is 10.2. The highest BCUT2D eigenvalue weighted by Gasteiger charge is 2.01. The van der Waals surface area contributed by atoms with Crippen molar-refractivity contribution in [2.24, 2.45) is 0 Å². The highest BCUT2D eigenvalue weighted by atomic mass is 33.1. The van der Waals surface area contributed by atoms with E-state index in [4.69, 9.17) is 9.47 Å². The number of hydrogen-bond donors (Lipinski definition) is 0. The lowest BCUT2D eigenvalue weighted by Crippen LogP contribution is -1.98. The molecule has 0 aliphatic rings. The highest BCUT2D eigenvalue weighted by molar-refractivity contribution is 8.76. The molecule has 6 heteroatoms. The quantitative estimate of drug-likeness (QED) is 0.436. The molecule has 0 aliphatic carbocycles. The topological polar surface area (TPSA) is 67.0 Å². The number of benzene rings is 2. The Labute approximate surface area is 137 Å². The van der Waals surface area contributed by atoms with E-state index in [9.17, 15) is 4.79 Å². The maximum absolute atomic E-state index is 11.2. The van der Waals surface area contributed by atoms with Crippen LogP contribution in [0.25, 0.3) is 0 Å². The molecule has 0 heterocycles.